The van der Waals surface area contributed by atoms with E-state index in [2.05, 4.69) is 5.32 Å². The summed E-state index contributed by atoms with van der Waals surface area (Å²) in [6.07, 6.45) is -4.52. The van der Waals surface area contributed by atoms with Crippen molar-refractivity contribution in [3.05, 3.63) is 58.7 Å². The van der Waals surface area contributed by atoms with Crippen LogP contribution in [0.25, 0.3) is 0 Å². The quantitative estimate of drug-likeness (QED) is 0.757. The van der Waals surface area contributed by atoms with E-state index in [1.807, 2.05) is 11.0 Å². The highest BCUT2D eigenvalue weighted by molar-refractivity contribution is 5.99. The topological polar surface area (TPSA) is 65.4 Å². The first-order chi connectivity index (χ1) is 13.8. The Kier molecular flexibility index (Phi) is 6.09. The van der Waals surface area contributed by atoms with Crippen molar-refractivity contribution in [1.82, 2.24) is 0 Å². The Morgan fingerprint density at radius 2 is 1.93 bits per heavy atom. The lowest BCUT2D eigenvalue weighted by molar-refractivity contribution is -0.138. The van der Waals surface area contributed by atoms with Gasteiger partial charge in [-0.05, 0) is 42.8 Å². The van der Waals surface area contributed by atoms with Gasteiger partial charge >= 0.3 is 6.18 Å². The van der Waals surface area contributed by atoms with E-state index < -0.39 is 11.7 Å². The standard InChI is InChI=1S/C21H20F3N3O2/c1-14(28)18-5-2-15(12-25)10-20(18)26-13-16-3-4-17(11-19(16)21(22,23)24)27-6-8-29-9-7-27/h2-5,10-11,26H,6-9,13H2,1H3. The van der Waals surface area contributed by atoms with Gasteiger partial charge in [0.05, 0.1) is 30.4 Å². The third kappa shape index (κ3) is 4.87. The molecule has 2 aromatic rings. The van der Waals surface area contributed by atoms with Gasteiger partial charge in [-0.15, -0.1) is 0 Å². The van der Waals surface area contributed by atoms with Gasteiger partial charge in [0, 0.05) is 36.6 Å². The predicted octanol–water partition coefficient (Wildman–Crippen LogP) is 4.23. The van der Waals surface area contributed by atoms with Crippen LogP contribution in [0.4, 0.5) is 24.5 Å². The molecule has 8 heteroatoms. The molecule has 1 aliphatic rings. The second kappa shape index (κ2) is 8.53. The molecule has 5 nitrogen and oxygen atoms in total. The lowest BCUT2D eigenvalue weighted by Crippen LogP contribution is -2.36. The minimum atomic E-state index is -4.52. The number of ether oxygens (including phenoxy) is 1. The number of benzene rings is 2. The van der Waals surface area contributed by atoms with Crippen molar-refractivity contribution in [2.75, 3.05) is 36.5 Å². The van der Waals surface area contributed by atoms with Crippen LogP contribution in [0.1, 0.15) is 34.0 Å². The van der Waals surface area contributed by atoms with Gasteiger partial charge in [-0.3, -0.25) is 4.79 Å². The van der Waals surface area contributed by atoms with Crippen molar-refractivity contribution < 1.29 is 22.7 Å². The third-order valence-corrected chi connectivity index (χ3v) is 4.77. The van der Waals surface area contributed by atoms with Crippen LogP contribution >= 0.6 is 0 Å². The SMILES string of the molecule is CC(=O)c1ccc(C#N)cc1NCc1ccc(N2CCOCC2)cc1C(F)(F)F. The Balaban J connectivity index is 1.89. The monoisotopic (exact) mass is 403 g/mol. The van der Waals surface area contributed by atoms with Gasteiger partial charge in [-0.1, -0.05) is 6.07 Å². The average Bonchev–Trinajstić information content (AvgIpc) is 2.71. The molecule has 0 aromatic heterocycles. The summed E-state index contributed by atoms with van der Waals surface area (Å²) in [4.78, 5) is 13.7. The first kappa shape index (κ1) is 20.7. The fourth-order valence-corrected chi connectivity index (χ4v) is 3.26. The van der Waals surface area contributed by atoms with Gasteiger partial charge in [0.15, 0.2) is 5.78 Å². The van der Waals surface area contributed by atoms with Gasteiger partial charge in [0.2, 0.25) is 0 Å². The minimum Gasteiger partial charge on any atom is -0.380 e. The fourth-order valence-electron chi connectivity index (χ4n) is 3.26. The first-order valence-corrected chi connectivity index (χ1v) is 9.11. The highest BCUT2D eigenvalue weighted by Gasteiger charge is 2.34. The lowest BCUT2D eigenvalue weighted by atomic mass is 10.0. The third-order valence-electron chi connectivity index (χ3n) is 4.77. The highest BCUT2D eigenvalue weighted by atomic mass is 19.4. The van der Waals surface area contributed by atoms with Crippen LogP contribution in [0.5, 0.6) is 0 Å². The Morgan fingerprint density at radius 1 is 1.21 bits per heavy atom. The molecule has 0 spiro atoms. The molecule has 2 aromatic carbocycles. The highest BCUT2D eigenvalue weighted by Crippen LogP contribution is 2.35. The largest absolute Gasteiger partial charge is 0.416 e. The number of rotatable bonds is 5. The number of morpholine rings is 1. The number of carbonyl (C=O) groups excluding carboxylic acids is 1. The number of Topliss-reactive ketones (excluding diaryl/α,β-unsaturated/α-hetero) is 1. The molecule has 1 saturated heterocycles. The van der Waals surface area contributed by atoms with E-state index in [1.54, 1.807) is 6.07 Å². The number of nitrogens with zero attached hydrogens (tertiary/aromatic N) is 2. The summed E-state index contributed by atoms with van der Waals surface area (Å²) in [6, 6.07) is 10.7. The number of carbonyl (C=O) groups is 1. The van der Waals surface area contributed by atoms with E-state index in [1.165, 1.54) is 31.2 Å². The minimum absolute atomic E-state index is 0.0615. The van der Waals surface area contributed by atoms with Gasteiger partial charge in [0.1, 0.15) is 0 Å². The van der Waals surface area contributed by atoms with Crippen molar-refractivity contribution in [3.8, 4) is 6.07 Å². The van der Waals surface area contributed by atoms with Crippen LogP contribution in [-0.4, -0.2) is 32.1 Å². The Hall–Kier alpha value is -3.05. The number of halogens is 3. The maximum absolute atomic E-state index is 13.7. The van der Waals surface area contributed by atoms with E-state index in [-0.39, 0.29) is 17.9 Å². The molecule has 3 rings (SSSR count). The van der Waals surface area contributed by atoms with Crippen LogP contribution in [0, 0.1) is 11.3 Å². The molecule has 0 unspecified atom stereocenters. The number of nitriles is 1. The summed E-state index contributed by atoms with van der Waals surface area (Å²) in [5.41, 5.74) is 0.807. The van der Waals surface area contributed by atoms with Gasteiger partial charge in [-0.25, -0.2) is 0 Å². The van der Waals surface area contributed by atoms with Gasteiger partial charge in [0.25, 0.3) is 0 Å². The second-order valence-corrected chi connectivity index (χ2v) is 6.72. The number of nitrogens with one attached hydrogen (secondary N) is 1. The van der Waals surface area contributed by atoms with Crippen molar-refractivity contribution in [1.29, 1.82) is 5.26 Å². The summed E-state index contributed by atoms with van der Waals surface area (Å²) in [7, 11) is 0. The molecule has 29 heavy (non-hydrogen) atoms. The molecule has 0 saturated carbocycles. The second-order valence-electron chi connectivity index (χ2n) is 6.72. The molecule has 0 atom stereocenters. The zero-order chi connectivity index (χ0) is 21.0. The fraction of sp³-hybridized carbons (Fsp3) is 0.333. The van der Waals surface area contributed by atoms with Crippen LogP contribution in [0.3, 0.4) is 0 Å². The van der Waals surface area contributed by atoms with Crippen molar-refractivity contribution in [3.63, 3.8) is 0 Å². The van der Waals surface area contributed by atoms with Crippen molar-refractivity contribution >= 4 is 17.2 Å². The molecule has 0 radical (unpaired) electrons. The van der Waals surface area contributed by atoms with E-state index in [4.69, 9.17) is 10.00 Å². The van der Waals surface area contributed by atoms with E-state index in [0.717, 1.165) is 6.07 Å². The van der Waals surface area contributed by atoms with Crippen molar-refractivity contribution in [2.24, 2.45) is 0 Å². The molecule has 1 fully saturated rings. The predicted molar refractivity (Wildman–Crippen MR) is 103 cm³/mol. The zero-order valence-corrected chi connectivity index (χ0v) is 15.8. The number of alkyl halides is 3. The molecule has 0 aliphatic carbocycles. The van der Waals surface area contributed by atoms with E-state index in [0.29, 0.717) is 48.8 Å². The molecular formula is C21H20F3N3O2. The maximum Gasteiger partial charge on any atom is 0.416 e. The maximum atomic E-state index is 13.7. The molecule has 1 N–H and O–H groups in total. The van der Waals surface area contributed by atoms with Gasteiger partial charge < -0.3 is 15.0 Å². The smallest absolute Gasteiger partial charge is 0.380 e. The van der Waals surface area contributed by atoms with Crippen LogP contribution in [0.2, 0.25) is 0 Å². The molecule has 0 bridgehead atoms. The van der Waals surface area contributed by atoms with Crippen molar-refractivity contribution in [2.45, 2.75) is 19.6 Å². The number of hydrogen-bond acceptors (Lipinski definition) is 5. The summed E-state index contributed by atoms with van der Waals surface area (Å²) in [6.45, 7) is 3.27. The zero-order valence-electron chi connectivity index (χ0n) is 15.8. The Bertz CT molecular complexity index is 945. The molecule has 1 aliphatic heterocycles. The molecular weight excluding hydrogens is 383 g/mol. The summed E-state index contributed by atoms with van der Waals surface area (Å²) >= 11 is 0. The first-order valence-electron chi connectivity index (χ1n) is 9.11. The Labute approximate surface area is 166 Å². The van der Waals surface area contributed by atoms with E-state index >= 15 is 0 Å². The molecule has 152 valence electrons. The van der Waals surface area contributed by atoms with Crippen LogP contribution in [-0.2, 0) is 17.5 Å². The summed E-state index contributed by atoms with van der Waals surface area (Å²) in [5, 5.41) is 11.9. The number of anilines is 2. The summed E-state index contributed by atoms with van der Waals surface area (Å²) < 4.78 is 46.3. The normalized spacial score (nSPS) is 14.4. The van der Waals surface area contributed by atoms with Gasteiger partial charge in [-0.2, -0.15) is 18.4 Å². The van der Waals surface area contributed by atoms with E-state index in [9.17, 15) is 18.0 Å². The molecule has 0 amide bonds. The molecule has 1 heterocycles. The lowest BCUT2D eigenvalue weighted by Gasteiger charge is -2.29. The number of hydrogen-bond donors (Lipinski definition) is 1. The Morgan fingerprint density at radius 3 is 2.55 bits per heavy atom. The number of ketones is 1. The average molecular weight is 403 g/mol. The van der Waals surface area contributed by atoms with Crippen LogP contribution < -0.4 is 10.2 Å². The van der Waals surface area contributed by atoms with Crippen LogP contribution in [0.15, 0.2) is 36.4 Å². The summed E-state index contributed by atoms with van der Waals surface area (Å²) in [5.74, 6) is -0.240.